The molecular weight excluding hydrogens is 481 g/mol. The fraction of sp³-hybridized carbons (Fsp3) is 0.944. The number of hydrogen-bond acceptors (Lipinski definition) is 4. The van der Waals surface area contributed by atoms with Gasteiger partial charge in [-0.3, -0.25) is 4.99 Å². The molecule has 1 saturated heterocycles. The van der Waals surface area contributed by atoms with Gasteiger partial charge in [0.2, 0.25) is 0 Å². The van der Waals surface area contributed by atoms with Gasteiger partial charge in [0.1, 0.15) is 0 Å². The molecule has 5 nitrogen and oxygen atoms in total. The molecule has 0 aromatic carbocycles. The van der Waals surface area contributed by atoms with Crippen LogP contribution in [0.5, 0.6) is 0 Å². The molecule has 1 aliphatic heterocycles. The van der Waals surface area contributed by atoms with Crippen LogP contribution in [0.1, 0.15) is 57.8 Å². The Bertz CT molecular complexity index is 565. The number of nitrogens with zero attached hydrogens (tertiary/aromatic N) is 1. The molecule has 3 aliphatic rings. The molecule has 0 aromatic heterocycles. The van der Waals surface area contributed by atoms with Gasteiger partial charge in [0.15, 0.2) is 15.8 Å². The molecule has 3 unspecified atom stereocenters. The summed E-state index contributed by atoms with van der Waals surface area (Å²) in [5.74, 6) is 1.76. The van der Waals surface area contributed by atoms with Crippen molar-refractivity contribution in [1.29, 1.82) is 0 Å². The summed E-state index contributed by atoms with van der Waals surface area (Å²) in [6.07, 6.45) is 13.0. The van der Waals surface area contributed by atoms with Crippen molar-refractivity contribution in [3.8, 4) is 0 Å². The molecule has 1 heterocycles. The molecule has 0 bridgehead atoms. The molecular formula is C18H34IN3O2S2. The Morgan fingerprint density at radius 1 is 1.04 bits per heavy atom. The van der Waals surface area contributed by atoms with Gasteiger partial charge in [-0.05, 0) is 50.7 Å². The lowest BCUT2D eigenvalue weighted by molar-refractivity contribution is 0.416. The minimum absolute atomic E-state index is 0. The maximum Gasteiger partial charge on any atom is 0.191 e. The topological polar surface area (TPSA) is 70.6 Å². The van der Waals surface area contributed by atoms with E-state index in [2.05, 4.69) is 16.9 Å². The Kier molecular flexibility index (Phi) is 9.33. The molecule has 3 rings (SSSR count). The van der Waals surface area contributed by atoms with Crippen LogP contribution in [-0.2, 0) is 9.84 Å². The average molecular weight is 516 g/mol. The van der Waals surface area contributed by atoms with E-state index < -0.39 is 9.84 Å². The molecule has 0 amide bonds. The number of sulfone groups is 1. The quantitative estimate of drug-likeness (QED) is 0.335. The van der Waals surface area contributed by atoms with Crippen LogP contribution in [0.2, 0.25) is 0 Å². The smallest absolute Gasteiger partial charge is 0.191 e. The second-order valence-electron chi connectivity index (χ2n) is 7.95. The second kappa shape index (κ2) is 10.7. The number of halogens is 1. The SMILES string of the molecule is CSC1CCCC(NC(=NCC2CCS(=O)(=O)C2)NC2CCCC2)C1.I. The molecule has 2 aliphatic carbocycles. The third-order valence-electron chi connectivity index (χ3n) is 5.83. The maximum atomic E-state index is 11.7. The van der Waals surface area contributed by atoms with Crippen LogP contribution in [0, 0.1) is 5.92 Å². The van der Waals surface area contributed by atoms with Crippen LogP contribution in [-0.4, -0.2) is 56.0 Å². The van der Waals surface area contributed by atoms with Gasteiger partial charge in [0.05, 0.1) is 11.5 Å². The number of thioether (sulfide) groups is 1. The van der Waals surface area contributed by atoms with Gasteiger partial charge in [-0.15, -0.1) is 24.0 Å². The summed E-state index contributed by atoms with van der Waals surface area (Å²) in [7, 11) is -2.82. The summed E-state index contributed by atoms with van der Waals surface area (Å²) in [6.45, 7) is 0.625. The lowest BCUT2D eigenvalue weighted by atomic mass is 9.95. The third-order valence-corrected chi connectivity index (χ3v) is 8.76. The van der Waals surface area contributed by atoms with Crippen molar-refractivity contribution in [2.24, 2.45) is 10.9 Å². The lowest BCUT2D eigenvalue weighted by Crippen LogP contribution is -2.48. The van der Waals surface area contributed by atoms with E-state index in [0.29, 0.717) is 30.1 Å². The number of rotatable bonds is 5. The largest absolute Gasteiger partial charge is 0.354 e. The fourth-order valence-electron chi connectivity index (χ4n) is 4.32. The molecule has 2 saturated carbocycles. The van der Waals surface area contributed by atoms with Gasteiger partial charge in [-0.2, -0.15) is 11.8 Å². The van der Waals surface area contributed by atoms with Crippen molar-refractivity contribution >= 4 is 51.5 Å². The summed E-state index contributed by atoms with van der Waals surface area (Å²) in [5, 5.41) is 8.04. The molecule has 0 spiro atoms. The van der Waals surface area contributed by atoms with Crippen LogP contribution in [0.25, 0.3) is 0 Å². The fourth-order valence-corrected chi connectivity index (χ4v) is 6.99. The van der Waals surface area contributed by atoms with Crippen molar-refractivity contribution in [2.75, 3.05) is 24.3 Å². The van der Waals surface area contributed by atoms with E-state index >= 15 is 0 Å². The Balaban J connectivity index is 0.00000243. The zero-order valence-electron chi connectivity index (χ0n) is 15.8. The highest BCUT2D eigenvalue weighted by molar-refractivity contribution is 14.0. The van der Waals surface area contributed by atoms with E-state index in [9.17, 15) is 8.42 Å². The maximum absolute atomic E-state index is 11.7. The first kappa shape index (κ1) is 22.6. The highest BCUT2D eigenvalue weighted by atomic mass is 127. The van der Waals surface area contributed by atoms with E-state index in [1.807, 2.05) is 11.8 Å². The van der Waals surface area contributed by atoms with Gasteiger partial charge >= 0.3 is 0 Å². The van der Waals surface area contributed by atoms with Gasteiger partial charge in [0.25, 0.3) is 0 Å². The monoisotopic (exact) mass is 515 g/mol. The highest BCUT2D eigenvalue weighted by Gasteiger charge is 2.28. The van der Waals surface area contributed by atoms with Crippen LogP contribution in [0.3, 0.4) is 0 Å². The molecule has 8 heteroatoms. The number of nitrogens with one attached hydrogen (secondary N) is 2. The summed E-state index contributed by atoms with van der Waals surface area (Å²) >= 11 is 1.98. The summed E-state index contributed by atoms with van der Waals surface area (Å²) in [5.41, 5.74) is 0. The van der Waals surface area contributed by atoms with Crippen molar-refractivity contribution in [3.05, 3.63) is 0 Å². The van der Waals surface area contributed by atoms with Crippen LogP contribution in [0.15, 0.2) is 4.99 Å². The predicted octanol–water partition coefficient (Wildman–Crippen LogP) is 3.19. The number of aliphatic imine (C=N–C) groups is 1. The molecule has 26 heavy (non-hydrogen) atoms. The van der Waals surface area contributed by atoms with Gasteiger partial charge in [-0.1, -0.05) is 19.3 Å². The van der Waals surface area contributed by atoms with Crippen LogP contribution in [0.4, 0.5) is 0 Å². The average Bonchev–Trinajstić information content (AvgIpc) is 3.22. The van der Waals surface area contributed by atoms with E-state index in [1.54, 1.807) is 0 Å². The first-order valence-corrected chi connectivity index (χ1v) is 13.0. The summed E-state index contributed by atoms with van der Waals surface area (Å²) in [4.78, 5) is 4.80. The second-order valence-corrected chi connectivity index (χ2v) is 11.3. The van der Waals surface area contributed by atoms with Crippen molar-refractivity contribution in [1.82, 2.24) is 10.6 Å². The van der Waals surface area contributed by atoms with E-state index in [0.717, 1.165) is 17.6 Å². The van der Waals surface area contributed by atoms with E-state index in [-0.39, 0.29) is 29.9 Å². The van der Waals surface area contributed by atoms with Crippen molar-refractivity contribution in [3.63, 3.8) is 0 Å². The Morgan fingerprint density at radius 3 is 2.38 bits per heavy atom. The highest BCUT2D eigenvalue weighted by Crippen LogP contribution is 2.27. The zero-order chi connectivity index (χ0) is 17.7. The summed E-state index contributed by atoms with van der Waals surface area (Å²) in [6, 6.07) is 1.02. The lowest BCUT2D eigenvalue weighted by Gasteiger charge is -2.30. The van der Waals surface area contributed by atoms with E-state index in [4.69, 9.17) is 4.99 Å². The van der Waals surface area contributed by atoms with Gasteiger partial charge < -0.3 is 10.6 Å². The molecule has 0 aromatic rings. The van der Waals surface area contributed by atoms with Crippen molar-refractivity contribution < 1.29 is 8.42 Å². The zero-order valence-corrected chi connectivity index (χ0v) is 19.7. The standard InChI is InChI=1S/C18H33N3O2S2.HI/c1-24-17-8-4-7-16(11-17)21-18(20-15-5-2-3-6-15)19-12-14-9-10-25(22,23)13-14;/h14-17H,2-13H2,1H3,(H2,19,20,21);1H. The van der Waals surface area contributed by atoms with E-state index in [1.165, 1.54) is 51.4 Å². The third kappa shape index (κ3) is 7.04. The molecule has 0 radical (unpaired) electrons. The Hall–Kier alpha value is 0.300. The minimum Gasteiger partial charge on any atom is -0.354 e. The van der Waals surface area contributed by atoms with Gasteiger partial charge in [0, 0.05) is 23.9 Å². The normalized spacial score (nSPS) is 32.2. The van der Waals surface area contributed by atoms with Crippen LogP contribution < -0.4 is 10.6 Å². The van der Waals surface area contributed by atoms with Crippen LogP contribution >= 0.6 is 35.7 Å². The van der Waals surface area contributed by atoms with Crippen molar-refractivity contribution in [2.45, 2.75) is 75.1 Å². The predicted molar refractivity (Wildman–Crippen MR) is 123 cm³/mol. The first-order chi connectivity index (χ1) is 12.0. The molecule has 3 fully saturated rings. The molecule has 2 N–H and O–H groups in total. The first-order valence-electron chi connectivity index (χ1n) is 9.85. The minimum atomic E-state index is -2.82. The number of guanidine groups is 1. The number of hydrogen-bond donors (Lipinski definition) is 2. The molecule has 3 atom stereocenters. The van der Waals surface area contributed by atoms with Gasteiger partial charge in [-0.25, -0.2) is 8.42 Å². The Morgan fingerprint density at radius 2 is 1.73 bits per heavy atom. The molecule has 152 valence electrons. The summed E-state index contributed by atoms with van der Waals surface area (Å²) < 4.78 is 23.3. The Labute approximate surface area is 180 Å².